The van der Waals surface area contributed by atoms with E-state index in [9.17, 15) is 9.59 Å². The van der Waals surface area contributed by atoms with Crippen LogP contribution in [0.4, 0.5) is 5.00 Å². The van der Waals surface area contributed by atoms with Crippen LogP contribution in [0.25, 0.3) is 17.2 Å². The average molecular weight is 491 g/mol. The molecule has 0 unspecified atom stereocenters. The van der Waals surface area contributed by atoms with Crippen molar-refractivity contribution in [2.24, 2.45) is 0 Å². The fourth-order valence-electron chi connectivity index (χ4n) is 2.60. The number of hydrogen-bond acceptors (Lipinski definition) is 4. The number of amides is 1. The van der Waals surface area contributed by atoms with Gasteiger partial charge in [0.2, 0.25) is 5.91 Å². The lowest BCUT2D eigenvalue weighted by atomic mass is 10.0. The van der Waals surface area contributed by atoms with Gasteiger partial charge in [-0.3, -0.25) is 4.79 Å². The minimum Gasteiger partial charge on any atom is -0.462 e. The molecular weight excluding hydrogens is 474 g/mol. The summed E-state index contributed by atoms with van der Waals surface area (Å²) < 4.78 is 6.17. The minimum atomic E-state index is -0.481. The van der Waals surface area contributed by atoms with Crippen molar-refractivity contribution < 1.29 is 14.3 Å². The first-order chi connectivity index (χ1) is 14.0. The first-order valence-electron chi connectivity index (χ1n) is 8.77. The Bertz CT molecular complexity index is 1040. The molecule has 0 fully saturated rings. The molecular formula is C22H17BrClNO3S. The highest BCUT2D eigenvalue weighted by Crippen LogP contribution is 2.36. The van der Waals surface area contributed by atoms with Crippen LogP contribution in [0.3, 0.4) is 0 Å². The first kappa shape index (κ1) is 21.3. The van der Waals surface area contributed by atoms with Gasteiger partial charge in [0.15, 0.2) is 0 Å². The van der Waals surface area contributed by atoms with E-state index in [1.54, 1.807) is 25.1 Å². The normalized spacial score (nSPS) is 10.9. The molecule has 7 heteroatoms. The van der Waals surface area contributed by atoms with Crippen LogP contribution in [0.2, 0.25) is 5.02 Å². The van der Waals surface area contributed by atoms with Gasteiger partial charge in [0, 0.05) is 26.5 Å². The van der Waals surface area contributed by atoms with Crippen molar-refractivity contribution in [2.75, 3.05) is 11.9 Å². The molecule has 2 aromatic carbocycles. The van der Waals surface area contributed by atoms with Crippen molar-refractivity contribution in [2.45, 2.75) is 6.92 Å². The Kier molecular flexibility index (Phi) is 7.25. The Hall–Kier alpha value is -2.41. The molecule has 0 bridgehead atoms. The number of carbonyl (C=O) groups is 2. The average Bonchev–Trinajstić information content (AvgIpc) is 3.12. The topological polar surface area (TPSA) is 55.4 Å². The van der Waals surface area contributed by atoms with E-state index in [1.165, 1.54) is 17.4 Å². The third-order valence-electron chi connectivity index (χ3n) is 3.96. The molecule has 0 aliphatic carbocycles. The zero-order valence-corrected chi connectivity index (χ0v) is 18.6. The third kappa shape index (κ3) is 5.56. The molecule has 1 aromatic heterocycles. The van der Waals surface area contributed by atoms with E-state index in [1.807, 2.05) is 41.8 Å². The molecule has 1 N–H and O–H groups in total. The Morgan fingerprint density at radius 1 is 1.14 bits per heavy atom. The molecule has 0 spiro atoms. The van der Waals surface area contributed by atoms with E-state index in [-0.39, 0.29) is 12.5 Å². The highest BCUT2D eigenvalue weighted by Gasteiger charge is 2.22. The minimum absolute atomic E-state index is 0.242. The molecule has 29 heavy (non-hydrogen) atoms. The fourth-order valence-corrected chi connectivity index (χ4v) is 3.95. The molecule has 3 aromatic rings. The van der Waals surface area contributed by atoms with Gasteiger partial charge in [0.1, 0.15) is 10.6 Å². The summed E-state index contributed by atoms with van der Waals surface area (Å²) >= 11 is 10.6. The Balaban J connectivity index is 1.86. The summed E-state index contributed by atoms with van der Waals surface area (Å²) in [6.45, 7) is 1.98. The largest absolute Gasteiger partial charge is 0.462 e. The zero-order chi connectivity index (χ0) is 20.8. The number of anilines is 1. The number of esters is 1. The SMILES string of the molecule is CCOC(=O)c1c(-c2ccc(Cl)cc2)csc1NC(=O)C=Cc1ccc(Br)cc1. The molecule has 0 aliphatic rings. The molecule has 1 heterocycles. The summed E-state index contributed by atoms with van der Waals surface area (Å²) in [6.07, 6.45) is 3.14. The molecule has 0 aliphatic heterocycles. The highest BCUT2D eigenvalue weighted by atomic mass is 79.9. The van der Waals surface area contributed by atoms with Crippen LogP contribution in [0.15, 0.2) is 64.5 Å². The van der Waals surface area contributed by atoms with Crippen molar-refractivity contribution in [3.8, 4) is 11.1 Å². The first-order valence-corrected chi connectivity index (χ1v) is 10.8. The number of halogens is 2. The molecule has 3 rings (SSSR count). The number of hydrogen-bond donors (Lipinski definition) is 1. The van der Waals surface area contributed by atoms with Crippen LogP contribution in [-0.2, 0) is 9.53 Å². The van der Waals surface area contributed by atoms with Gasteiger partial charge in [-0.15, -0.1) is 11.3 Å². The monoisotopic (exact) mass is 489 g/mol. The van der Waals surface area contributed by atoms with E-state index in [4.69, 9.17) is 16.3 Å². The second kappa shape index (κ2) is 9.87. The van der Waals surface area contributed by atoms with Crippen molar-refractivity contribution in [3.63, 3.8) is 0 Å². The van der Waals surface area contributed by atoms with Gasteiger partial charge < -0.3 is 10.1 Å². The van der Waals surface area contributed by atoms with Crippen molar-refractivity contribution in [1.29, 1.82) is 0 Å². The van der Waals surface area contributed by atoms with E-state index in [0.717, 1.165) is 15.6 Å². The number of rotatable bonds is 6. The van der Waals surface area contributed by atoms with Crippen LogP contribution in [0.5, 0.6) is 0 Å². The second-order valence-corrected chi connectivity index (χ2v) is 8.19. The molecule has 0 radical (unpaired) electrons. The van der Waals surface area contributed by atoms with Crippen LogP contribution in [0.1, 0.15) is 22.8 Å². The van der Waals surface area contributed by atoms with E-state index in [2.05, 4.69) is 21.2 Å². The summed E-state index contributed by atoms with van der Waals surface area (Å²) in [5, 5.41) is 5.66. The molecule has 148 valence electrons. The van der Waals surface area contributed by atoms with Crippen LogP contribution >= 0.6 is 38.9 Å². The maximum atomic E-state index is 12.6. The third-order valence-corrected chi connectivity index (χ3v) is 5.64. The molecule has 0 saturated heterocycles. The number of benzene rings is 2. The fraction of sp³-hybridized carbons (Fsp3) is 0.0909. The van der Waals surface area contributed by atoms with Gasteiger partial charge in [-0.05, 0) is 48.4 Å². The standard InChI is InChI=1S/C22H17BrClNO3S/c1-2-28-22(27)20-18(15-6-10-17(24)11-7-15)13-29-21(20)25-19(26)12-5-14-3-8-16(23)9-4-14/h3-13H,2H2,1H3,(H,25,26). The second-order valence-electron chi connectivity index (χ2n) is 5.96. The summed E-state index contributed by atoms with van der Waals surface area (Å²) in [7, 11) is 0. The van der Waals surface area contributed by atoms with Crippen LogP contribution in [0, 0.1) is 0 Å². The highest BCUT2D eigenvalue weighted by molar-refractivity contribution is 9.10. The Labute approximate surface area is 186 Å². The van der Waals surface area contributed by atoms with Crippen molar-refractivity contribution in [1.82, 2.24) is 0 Å². The maximum absolute atomic E-state index is 12.6. The Morgan fingerprint density at radius 2 is 1.83 bits per heavy atom. The number of thiophene rings is 1. The number of ether oxygens (including phenoxy) is 1. The maximum Gasteiger partial charge on any atom is 0.341 e. The van der Waals surface area contributed by atoms with Gasteiger partial charge in [-0.25, -0.2) is 4.79 Å². The molecule has 4 nitrogen and oxygen atoms in total. The summed E-state index contributed by atoms with van der Waals surface area (Å²) in [5.41, 5.74) is 2.74. The summed E-state index contributed by atoms with van der Waals surface area (Å²) in [4.78, 5) is 25.0. The predicted octanol–water partition coefficient (Wildman–Crippen LogP) is 6.66. The molecule has 1 amide bonds. The van der Waals surface area contributed by atoms with E-state index in [0.29, 0.717) is 21.2 Å². The predicted molar refractivity (Wildman–Crippen MR) is 123 cm³/mol. The molecule has 0 atom stereocenters. The molecule has 0 saturated carbocycles. The van der Waals surface area contributed by atoms with Crippen molar-refractivity contribution in [3.05, 3.63) is 80.6 Å². The van der Waals surface area contributed by atoms with Gasteiger partial charge in [0.25, 0.3) is 0 Å². The number of carbonyl (C=O) groups excluding carboxylic acids is 2. The lowest BCUT2D eigenvalue weighted by Crippen LogP contribution is -2.12. The Morgan fingerprint density at radius 3 is 2.48 bits per heavy atom. The van der Waals surface area contributed by atoms with E-state index >= 15 is 0 Å². The smallest absolute Gasteiger partial charge is 0.341 e. The van der Waals surface area contributed by atoms with E-state index < -0.39 is 5.97 Å². The van der Waals surface area contributed by atoms with Gasteiger partial charge in [-0.1, -0.05) is 51.8 Å². The van der Waals surface area contributed by atoms with Crippen molar-refractivity contribution >= 4 is 61.8 Å². The van der Waals surface area contributed by atoms with Gasteiger partial charge in [-0.2, -0.15) is 0 Å². The quantitative estimate of drug-likeness (QED) is 0.310. The number of nitrogens with one attached hydrogen (secondary N) is 1. The zero-order valence-electron chi connectivity index (χ0n) is 15.4. The van der Waals surface area contributed by atoms with Crippen LogP contribution in [-0.4, -0.2) is 18.5 Å². The summed E-state index contributed by atoms with van der Waals surface area (Å²) in [6, 6.07) is 14.7. The van der Waals surface area contributed by atoms with Crippen LogP contribution < -0.4 is 5.32 Å². The lowest BCUT2D eigenvalue weighted by molar-refractivity contribution is -0.111. The van der Waals surface area contributed by atoms with Gasteiger partial charge >= 0.3 is 5.97 Å². The lowest BCUT2D eigenvalue weighted by Gasteiger charge is -2.08. The summed E-state index contributed by atoms with van der Waals surface area (Å²) in [5.74, 6) is -0.811. The van der Waals surface area contributed by atoms with Gasteiger partial charge in [0.05, 0.1) is 6.61 Å².